The third kappa shape index (κ3) is 37.2. The zero-order valence-corrected chi connectivity index (χ0v) is 81.9. The normalized spacial score (nSPS) is 20.9. The van der Waals surface area contributed by atoms with Crippen molar-refractivity contribution in [1.82, 2.24) is 49.6 Å². The second kappa shape index (κ2) is 54.2. The van der Waals surface area contributed by atoms with Crippen molar-refractivity contribution in [2.75, 3.05) is 184 Å². The predicted octanol–water partition coefficient (Wildman–Crippen LogP) is 13.9. The lowest BCUT2D eigenvalue weighted by molar-refractivity contribution is -0.149. The van der Waals surface area contributed by atoms with Crippen molar-refractivity contribution in [1.29, 1.82) is 0 Å². The van der Waals surface area contributed by atoms with E-state index >= 15 is 0 Å². The second-order valence-electron chi connectivity index (χ2n) is 35.9. The number of benzene rings is 4. The molecule has 4 saturated heterocycles. The minimum absolute atomic E-state index is 0.0289. The Labute approximate surface area is 769 Å². The number of nitrogens with zero attached hydrogens (tertiary/aromatic N) is 9. The Morgan fingerprint density at radius 1 is 0.484 bits per heavy atom. The number of carboxylic acid groups (broad SMARTS) is 1. The van der Waals surface area contributed by atoms with Crippen LogP contribution in [0.4, 0.5) is 32.6 Å². The van der Waals surface area contributed by atoms with Crippen LogP contribution in [0.1, 0.15) is 166 Å². The first-order valence-corrected chi connectivity index (χ1v) is 45.2. The van der Waals surface area contributed by atoms with Gasteiger partial charge in [0.2, 0.25) is 0 Å². The molecule has 0 aliphatic carbocycles. The monoisotopic (exact) mass is 1850 g/mol. The number of nitrogens with two attached hydrogens (primary N) is 2. The van der Waals surface area contributed by atoms with E-state index in [-0.39, 0.29) is 72.1 Å². The van der Waals surface area contributed by atoms with Gasteiger partial charge in [-0.2, -0.15) is 0 Å². The fourth-order valence-electron chi connectivity index (χ4n) is 14.8. The number of likely N-dealkylation sites (tertiary alicyclic amines) is 3. The fourth-order valence-corrected chi connectivity index (χ4v) is 15.5. The van der Waals surface area contributed by atoms with E-state index in [0.29, 0.717) is 106 Å². The van der Waals surface area contributed by atoms with Crippen LogP contribution in [0, 0.1) is 23.7 Å². The van der Waals surface area contributed by atoms with Crippen LogP contribution in [0.15, 0.2) is 122 Å². The first kappa shape index (κ1) is 109. The first-order chi connectivity index (χ1) is 60.4. The van der Waals surface area contributed by atoms with Crippen LogP contribution in [0.25, 0.3) is 0 Å². The van der Waals surface area contributed by atoms with Gasteiger partial charge in [-0.05, 0) is 236 Å². The van der Waals surface area contributed by atoms with Crippen molar-refractivity contribution in [3.05, 3.63) is 155 Å². The van der Waals surface area contributed by atoms with E-state index in [9.17, 15) is 33.9 Å². The number of hydrogen-bond acceptors (Lipinski definition) is 25. The van der Waals surface area contributed by atoms with Gasteiger partial charge >= 0.3 is 35.9 Å². The molecule has 6 heterocycles. The van der Waals surface area contributed by atoms with E-state index in [4.69, 9.17) is 59.2 Å². The number of halogens is 1. The minimum atomic E-state index is -1.54. The average molecular weight is 1850 g/mol. The number of ether oxygens (including phenoxy) is 9. The van der Waals surface area contributed by atoms with Crippen molar-refractivity contribution < 1.29 is 81.6 Å². The largest absolute Gasteiger partial charge is 0.508 e. The van der Waals surface area contributed by atoms with Crippen LogP contribution in [-0.2, 0) is 60.4 Å². The molecule has 5 amide bonds. The summed E-state index contributed by atoms with van der Waals surface area (Å²) in [5.41, 5.74) is 16.8. The lowest BCUT2D eigenvalue weighted by Gasteiger charge is -2.43. The topological polar surface area (TPSA) is 363 Å². The quantitative estimate of drug-likeness (QED) is 0.0196. The minimum Gasteiger partial charge on any atom is -0.508 e. The van der Waals surface area contributed by atoms with Gasteiger partial charge in [-0.15, -0.1) is 0 Å². The van der Waals surface area contributed by atoms with Gasteiger partial charge in [0, 0.05) is 110 Å². The number of nitrogens with one attached hydrogen (secondary N) is 3. The Balaban J connectivity index is 0.000000285. The summed E-state index contributed by atoms with van der Waals surface area (Å²) in [6.07, 6.45) is 6.99. The van der Waals surface area contributed by atoms with E-state index < -0.39 is 34.9 Å². The number of aliphatic carboxylic acids is 1. The van der Waals surface area contributed by atoms with Gasteiger partial charge in [0.15, 0.2) is 0 Å². The molecule has 32 heteroatoms. The number of likely N-dealkylation sites (N-methyl/N-ethyl adjacent to an activating group) is 3. The zero-order chi connectivity index (χ0) is 95.3. The molecule has 10 rings (SSSR count). The van der Waals surface area contributed by atoms with E-state index in [1.165, 1.54) is 18.0 Å². The number of nitrogen functional groups attached to an aromatic ring is 2. The molecule has 4 aromatic carbocycles. The molecule has 2 aromatic heterocycles. The Hall–Kier alpha value is -9.48. The van der Waals surface area contributed by atoms with Gasteiger partial charge < -0.3 is 115 Å². The fraction of sp³-hybridized carbons (Fsp3) is 0.583. The Bertz CT molecular complexity index is 4380. The number of aryl methyl sites for hydroxylation is 2. The number of rotatable bonds is 26. The third-order valence-electron chi connectivity index (χ3n) is 22.0. The van der Waals surface area contributed by atoms with Gasteiger partial charge in [0.05, 0.1) is 66.3 Å². The number of piperidine rings is 4. The number of aromatic nitrogens is 2. The van der Waals surface area contributed by atoms with E-state index in [2.05, 4.69) is 129 Å². The molecule has 712 valence electrons. The highest BCUT2D eigenvalue weighted by Gasteiger charge is 2.43. The van der Waals surface area contributed by atoms with E-state index in [1.54, 1.807) is 61.5 Å². The number of carboxylic acids is 1. The molecule has 0 spiro atoms. The summed E-state index contributed by atoms with van der Waals surface area (Å²) in [5, 5.41) is 27.7. The Morgan fingerprint density at radius 2 is 0.828 bits per heavy atom. The van der Waals surface area contributed by atoms with E-state index in [1.807, 2.05) is 163 Å². The number of methoxy groups -OCH3 is 4. The summed E-state index contributed by atoms with van der Waals surface area (Å²) < 4.78 is 51.4. The lowest BCUT2D eigenvalue weighted by Crippen LogP contribution is -2.50. The summed E-state index contributed by atoms with van der Waals surface area (Å²) >= 11 is 3.31. The Morgan fingerprint density at radius 3 is 1.17 bits per heavy atom. The van der Waals surface area contributed by atoms with E-state index in [0.717, 1.165) is 96.0 Å². The molecule has 12 atom stereocenters. The number of pyridine rings is 2. The van der Waals surface area contributed by atoms with Crippen LogP contribution in [0.3, 0.4) is 0 Å². The standard InChI is InChI=1S/C26H37N5O4.C22H36N2O4.C18H27NO4.C17H28N2O2.C9H11N3O3.C4H10BrN/c1-6-18-12-20(15-28-24(18)27)29-25(32)26(33)31-16-17(2)23(34-5)14-22(31)19-8-7-9-21(13-19)35-11-10-30(3)4;1-16-15-24(21(25)28-22(2,3)4)19(14-20(16)26-7)17-9-8-10-18(13-17)27-12-11-23(5)6;1-12-11-19(17(21)23-18(2,3)4)15(10-16(12)22-5)13-7-6-8-14(20)9-13;1-13-12-18-16(11-17(13)20-4)14-6-5-7-15(10-14)21-9-8-19(2)3;1-2-5-3-6(4-11-7(5)10)12-8(13)9(14)15;1-6(2)4-3-5/h7-9,12-13,15,17,22-23H,6,10-11,14,16H2,1-5H3,(H2,27,28)(H,29,32);8-10,13,16,19-20H,11-12,14-15H2,1-7H3;6-9,12,15-16,20H,10-11H2,1-5H3;5-7,10,13,16-18H,8-9,11-12H2,1-4H3;3-4H,2H2,1H3,(H2,10,11)(H,12,13)(H,14,15);3-4H2,1-2H3/t17-,22-,23+;16-,19-,20?;12-,15-,16?;13-,16-,17?;;/m1111../s1. The number of amides is 5. The predicted molar refractivity (Wildman–Crippen MR) is 508 cm³/mol. The number of aromatic hydroxyl groups is 1. The zero-order valence-electron chi connectivity index (χ0n) is 80.3. The summed E-state index contributed by atoms with van der Waals surface area (Å²) in [4.78, 5) is 94.5. The van der Waals surface area contributed by atoms with Crippen LogP contribution in [0.5, 0.6) is 23.0 Å². The van der Waals surface area contributed by atoms with Gasteiger partial charge in [-0.3, -0.25) is 14.4 Å². The average Bonchev–Trinajstić information content (AvgIpc) is 0.795. The van der Waals surface area contributed by atoms with Crippen molar-refractivity contribution in [3.63, 3.8) is 0 Å². The number of carbonyl (C=O) groups is 6. The van der Waals surface area contributed by atoms with Gasteiger partial charge in [-0.1, -0.05) is 106 Å². The Kier molecular flexibility index (Phi) is 46.2. The highest BCUT2D eigenvalue weighted by atomic mass is 79.9. The van der Waals surface area contributed by atoms with Crippen molar-refractivity contribution >= 4 is 74.8 Å². The highest BCUT2D eigenvalue weighted by Crippen LogP contribution is 2.41. The lowest BCUT2D eigenvalue weighted by atomic mass is 9.87. The maximum atomic E-state index is 13.4. The molecule has 128 heavy (non-hydrogen) atoms. The molecule has 4 aliphatic heterocycles. The molecule has 4 fully saturated rings. The van der Waals surface area contributed by atoms with Crippen LogP contribution in [-0.4, -0.2) is 288 Å². The molecular weight excluding hydrogens is 1700 g/mol. The van der Waals surface area contributed by atoms with Gasteiger partial charge in [0.25, 0.3) is 0 Å². The number of alkyl halides is 1. The molecule has 9 N–H and O–H groups in total. The van der Waals surface area contributed by atoms with Gasteiger partial charge in [0.1, 0.15) is 65.7 Å². The first-order valence-electron chi connectivity index (χ1n) is 44.1. The van der Waals surface area contributed by atoms with Gasteiger partial charge in [-0.25, -0.2) is 24.4 Å². The molecular formula is C96H149BrN14O17. The molecule has 3 unspecified atom stereocenters. The molecule has 0 bridgehead atoms. The molecule has 0 radical (unpaired) electrons. The number of anilines is 4. The smallest absolute Gasteiger partial charge is 0.410 e. The number of phenols is 1. The number of phenolic OH excluding ortho intramolecular Hbond substituents is 1. The number of hydrogen-bond donors (Lipinski definition) is 7. The van der Waals surface area contributed by atoms with Crippen LogP contribution < -0.4 is 41.6 Å². The van der Waals surface area contributed by atoms with Crippen LogP contribution in [0.2, 0.25) is 0 Å². The van der Waals surface area contributed by atoms with Crippen molar-refractivity contribution in [2.24, 2.45) is 23.7 Å². The SMILES string of the molecule is CCc1cc(NC(=O)C(=O)N2C[C@@H](C)[C@@H](OC)C[C@@H]2c2cccc(OCCN(C)C)c2)cnc1N.CCc1cc(NC(=O)C(=O)O)cnc1N.CN(C)CCBr.COC1C[C@H](c2cccc(O)c2)N(C(=O)OC(C)(C)C)C[C@H]1C.COC1C[C@H](c2cccc(OCCN(C)C)c2)N(C(=O)OC(C)(C)C)C[C@H]1C.COC1C[C@H](c2cccc(OCCN(C)C)c2)NC[C@H]1C. The molecule has 31 nitrogen and oxygen atoms in total. The van der Waals surface area contributed by atoms with Crippen LogP contribution >= 0.6 is 15.9 Å². The summed E-state index contributed by atoms with van der Waals surface area (Å²) in [6.45, 7) is 31.7. The number of carbonyl (C=O) groups excluding carboxylic acids is 5. The van der Waals surface area contributed by atoms with Crippen molar-refractivity contribution in [2.45, 2.75) is 181 Å². The molecule has 4 aliphatic rings. The molecule has 0 saturated carbocycles. The summed E-state index contributed by atoms with van der Waals surface area (Å²) in [7, 11) is 23.2. The highest BCUT2D eigenvalue weighted by molar-refractivity contribution is 9.09. The molecule has 6 aromatic rings. The second-order valence-corrected chi connectivity index (χ2v) is 36.7. The maximum Gasteiger partial charge on any atom is 0.410 e. The maximum absolute atomic E-state index is 13.4. The van der Waals surface area contributed by atoms with Crippen molar-refractivity contribution in [3.8, 4) is 23.0 Å². The third-order valence-corrected chi connectivity index (χ3v) is 22.3. The summed E-state index contributed by atoms with van der Waals surface area (Å²) in [5.74, 6) is 0.667. The summed E-state index contributed by atoms with van der Waals surface area (Å²) in [6, 6.07) is 34.3.